The smallest absolute Gasteiger partial charge is 0.299 e. The summed E-state index contributed by atoms with van der Waals surface area (Å²) >= 11 is 0. The lowest BCUT2D eigenvalue weighted by Gasteiger charge is -2.26. The Kier molecular flexibility index (Phi) is 7.29. The molecule has 1 rings (SSSR count). The summed E-state index contributed by atoms with van der Waals surface area (Å²) in [6.07, 6.45) is 1.95. The molecule has 0 saturated carbocycles. The van der Waals surface area contributed by atoms with Gasteiger partial charge in [0.2, 0.25) is 0 Å². The van der Waals surface area contributed by atoms with Crippen LogP contribution in [-0.2, 0) is 4.79 Å². The van der Waals surface area contributed by atoms with Crippen LogP contribution in [0.5, 0.6) is 0 Å². The van der Waals surface area contributed by atoms with E-state index in [1.165, 1.54) is 4.90 Å². The fraction of sp³-hybridized carbons (Fsp3) is 0.875. The van der Waals surface area contributed by atoms with E-state index in [9.17, 15) is 9.59 Å². The molecule has 22 heavy (non-hydrogen) atoms. The Bertz CT molecular complexity index is 386. The topological polar surface area (TPSA) is 64.7 Å². The van der Waals surface area contributed by atoms with Crippen LogP contribution in [0.4, 0.5) is 4.79 Å². The number of urea groups is 1. The van der Waals surface area contributed by atoms with Gasteiger partial charge in [-0.25, -0.2) is 9.69 Å². The lowest BCUT2D eigenvalue weighted by Crippen LogP contribution is -2.46. The summed E-state index contributed by atoms with van der Waals surface area (Å²) in [6.45, 7) is 13.0. The molecule has 0 aromatic rings. The number of rotatable bonds is 9. The monoisotopic (exact) mass is 312 g/mol. The van der Waals surface area contributed by atoms with E-state index in [1.807, 2.05) is 20.8 Å². The Balaban J connectivity index is 2.77. The van der Waals surface area contributed by atoms with Gasteiger partial charge in [-0.2, -0.15) is 0 Å². The van der Waals surface area contributed by atoms with Gasteiger partial charge in [-0.1, -0.05) is 27.7 Å². The van der Waals surface area contributed by atoms with E-state index in [4.69, 9.17) is 0 Å². The predicted molar refractivity (Wildman–Crippen MR) is 88.2 cm³/mol. The molecule has 0 aliphatic carbocycles. The molecule has 3 amide bonds. The normalized spacial score (nSPS) is 21.9. The summed E-state index contributed by atoms with van der Waals surface area (Å²) in [7, 11) is 0. The molecular weight excluding hydrogens is 280 g/mol. The third-order valence-electron chi connectivity index (χ3n) is 4.40. The molecule has 1 heterocycles. The Labute approximate surface area is 134 Å². The Morgan fingerprint density at radius 3 is 1.91 bits per heavy atom. The van der Waals surface area contributed by atoms with E-state index in [0.717, 1.165) is 12.8 Å². The van der Waals surface area contributed by atoms with Gasteiger partial charge in [0.1, 0.15) is 6.04 Å². The van der Waals surface area contributed by atoms with Crippen molar-refractivity contribution < 1.29 is 9.59 Å². The van der Waals surface area contributed by atoms with Gasteiger partial charge < -0.3 is 0 Å². The van der Waals surface area contributed by atoms with Crippen LogP contribution in [0.1, 0.15) is 54.4 Å². The maximum atomic E-state index is 12.6. The number of hydrogen-bond donors (Lipinski definition) is 2. The van der Waals surface area contributed by atoms with Crippen LogP contribution in [0.2, 0.25) is 0 Å². The third kappa shape index (κ3) is 4.43. The van der Waals surface area contributed by atoms with E-state index >= 15 is 0 Å². The van der Waals surface area contributed by atoms with E-state index in [0.29, 0.717) is 12.7 Å². The highest BCUT2D eigenvalue weighted by molar-refractivity contribution is 6.04. The average Bonchev–Trinajstić information content (AvgIpc) is 2.72. The highest BCUT2D eigenvalue weighted by atomic mass is 16.2. The summed E-state index contributed by atoms with van der Waals surface area (Å²) in [5, 5.41) is 6.54. The number of imide groups is 1. The molecule has 6 heteroatoms. The van der Waals surface area contributed by atoms with Crippen molar-refractivity contribution in [3.63, 3.8) is 0 Å². The second kappa shape index (κ2) is 8.48. The summed E-state index contributed by atoms with van der Waals surface area (Å²) in [6, 6.07) is 0.0338. The first-order chi connectivity index (χ1) is 10.3. The van der Waals surface area contributed by atoms with Crippen LogP contribution < -0.4 is 10.6 Å². The second-order valence-electron chi connectivity index (χ2n) is 6.55. The van der Waals surface area contributed by atoms with E-state index in [2.05, 4.69) is 31.4 Å². The van der Waals surface area contributed by atoms with E-state index in [-0.39, 0.29) is 36.6 Å². The largest absolute Gasteiger partial charge is 0.329 e. The molecule has 6 nitrogen and oxygen atoms in total. The van der Waals surface area contributed by atoms with Crippen molar-refractivity contribution in [2.75, 3.05) is 13.3 Å². The molecule has 2 N–H and O–H groups in total. The van der Waals surface area contributed by atoms with Crippen LogP contribution in [0.25, 0.3) is 0 Å². The van der Waals surface area contributed by atoms with Gasteiger partial charge in [-0.05, 0) is 32.6 Å². The summed E-state index contributed by atoms with van der Waals surface area (Å²) in [4.78, 5) is 28.2. The minimum absolute atomic E-state index is 0.0956. The summed E-state index contributed by atoms with van der Waals surface area (Å²) in [5.74, 6) is 0.00513. The SMILES string of the molecule is CCC(C)NCN1C(=O)C(C(C)C)N(CNC(C)CC)C1=O. The van der Waals surface area contributed by atoms with Gasteiger partial charge in [0, 0.05) is 12.1 Å². The summed E-state index contributed by atoms with van der Waals surface area (Å²) < 4.78 is 0. The fourth-order valence-electron chi connectivity index (χ4n) is 2.41. The van der Waals surface area contributed by atoms with Crippen molar-refractivity contribution in [3.8, 4) is 0 Å². The maximum absolute atomic E-state index is 12.6. The van der Waals surface area contributed by atoms with Crippen LogP contribution >= 0.6 is 0 Å². The van der Waals surface area contributed by atoms with Crippen molar-refractivity contribution in [3.05, 3.63) is 0 Å². The van der Waals surface area contributed by atoms with Gasteiger partial charge in [0.05, 0.1) is 13.3 Å². The second-order valence-corrected chi connectivity index (χ2v) is 6.55. The number of nitrogens with zero attached hydrogens (tertiary/aromatic N) is 2. The fourth-order valence-corrected chi connectivity index (χ4v) is 2.41. The zero-order chi connectivity index (χ0) is 16.9. The Morgan fingerprint density at radius 1 is 0.955 bits per heavy atom. The number of hydrogen-bond acceptors (Lipinski definition) is 4. The molecule has 0 spiro atoms. The number of nitrogens with one attached hydrogen (secondary N) is 2. The van der Waals surface area contributed by atoms with Crippen molar-refractivity contribution in [1.82, 2.24) is 20.4 Å². The van der Waals surface area contributed by atoms with Gasteiger partial charge in [-0.3, -0.25) is 20.3 Å². The first kappa shape index (κ1) is 18.9. The lowest BCUT2D eigenvalue weighted by atomic mass is 10.0. The number of amides is 3. The molecule has 0 aromatic heterocycles. The lowest BCUT2D eigenvalue weighted by molar-refractivity contribution is -0.129. The minimum atomic E-state index is -0.372. The van der Waals surface area contributed by atoms with Crippen molar-refractivity contribution in [1.29, 1.82) is 0 Å². The molecule has 0 aromatic carbocycles. The first-order valence-corrected chi connectivity index (χ1v) is 8.42. The predicted octanol–water partition coefficient (Wildman–Crippen LogP) is 1.97. The molecular formula is C16H32N4O2. The molecule has 1 fully saturated rings. The van der Waals surface area contributed by atoms with Gasteiger partial charge in [-0.15, -0.1) is 0 Å². The first-order valence-electron chi connectivity index (χ1n) is 8.42. The highest BCUT2D eigenvalue weighted by Gasteiger charge is 2.46. The third-order valence-corrected chi connectivity index (χ3v) is 4.40. The molecule has 3 unspecified atom stereocenters. The van der Waals surface area contributed by atoms with Gasteiger partial charge in [0.25, 0.3) is 5.91 Å². The quantitative estimate of drug-likeness (QED) is 0.639. The zero-order valence-electron chi connectivity index (χ0n) is 14.8. The maximum Gasteiger partial charge on any atom is 0.329 e. The van der Waals surface area contributed by atoms with E-state index in [1.54, 1.807) is 4.90 Å². The van der Waals surface area contributed by atoms with E-state index < -0.39 is 0 Å². The van der Waals surface area contributed by atoms with Crippen molar-refractivity contribution in [2.45, 2.75) is 72.5 Å². The highest BCUT2D eigenvalue weighted by Crippen LogP contribution is 2.22. The molecule has 3 atom stereocenters. The van der Waals surface area contributed by atoms with Gasteiger partial charge >= 0.3 is 6.03 Å². The van der Waals surface area contributed by atoms with Crippen molar-refractivity contribution >= 4 is 11.9 Å². The molecule has 1 aliphatic rings. The van der Waals surface area contributed by atoms with Crippen LogP contribution in [-0.4, -0.2) is 53.2 Å². The molecule has 128 valence electrons. The standard InChI is InChI=1S/C16H32N4O2/c1-7-12(5)17-9-19-14(11(3)4)15(21)20(16(19)22)10-18-13(6)8-2/h11-14,17-18H,7-10H2,1-6H3. The molecule has 0 radical (unpaired) electrons. The molecule has 0 bridgehead atoms. The zero-order valence-corrected chi connectivity index (χ0v) is 14.8. The van der Waals surface area contributed by atoms with Crippen LogP contribution in [0.3, 0.4) is 0 Å². The van der Waals surface area contributed by atoms with Gasteiger partial charge in [0.15, 0.2) is 0 Å². The molecule has 1 aliphatic heterocycles. The number of carbonyl (C=O) groups excluding carboxylic acids is 2. The molecule has 1 saturated heterocycles. The number of carbonyl (C=O) groups is 2. The Hall–Kier alpha value is -1.14. The minimum Gasteiger partial charge on any atom is -0.299 e. The van der Waals surface area contributed by atoms with Crippen molar-refractivity contribution in [2.24, 2.45) is 5.92 Å². The van der Waals surface area contributed by atoms with Crippen LogP contribution in [0.15, 0.2) is 0 Å². The summed E-state index contributed by atoms with van der Waals surface area (Å²) in [5.41, 5.74) is 0. The average molecular weight is 312 g/mol. The van der Waals surface area contributed by atoms with Crippen LogP contribution in [0, 0.1) is 5.92 Å². The Morgan fingerprint density at radius 2 is 1.45 bits per heavy atom.